The summed E-state index contributed by atoms with van der Waals surface area (Å²) in [6, 6.07) is 12.9. The van der Waals surface area contributed by atoms with Crippen molar-refractivity contribution < 1.29 is 9.53 Å². The maximum atomic E-state index is 12.4. The third-order valence-electron chi connectivity index (χ3n) is 4.07. The number of thiazole rings is 1. The molecule has 2 aromatic carbocycles. The Labute approximate surface area is 172 Å². The van der Waals surface area contributed by atoms with Gasteiger partial charge < -0.3 is 10.1 Å². The molecule has 0 fully saturated rings. The largest absolute Gasteiger partial charge is 0.497 e. The van der Waals surface area contributed by atoms with Crippen molar-refractivity contribution in [3.05, 3.63) is 77.6 Å². The molecule has 0 spiro atoms. The first-order chi connectivity index (χ1) is 13.5. The molecular weight excluding hydrogens is 442 g/mol. The summed E-state index contributed by atoms with van der Waals surface area (Å²) in [5.74, 6) is 0.854. The first kappa shape index (κ1) is 18.4. The third kappa shape index (κ3) is 3.83. The minimum Gasteiger partial charge on any atom is -0.497 e. The molecule has 0 atom stereocenters. The third-order valence-corrected chi connectivity index (χ3v) is 5.39. The van der Waals surface area contributed by atoms with E-state index in [1.165, 1.54) is 0 Å². The van der Waals surface area contributed by atoms with Crippen LogP contribution in [0.1, 0.15) is 4.88 Å². The lowest BCUT2D eigenvalue weighted by molar-refractivity contribution is -0.114. The molecule has 0 saturated heterocycles. The minimum atomic E-state index is -0.355. The van der Waals surface area contributed by atoms with Gasteiger partial charge >= 0.3 is 4.87 Å². The van der Waals surface area contributed by atoms with Gasteiger partial charge in [0.2, 0.25) is 0 Å². The summed E-state index contributed by atoms with van der Waals surface area (Å²) in [7, 11) is 1.58. The Hall–Kier alpha value is -2.97. The number of anilines is 2. The molecule has 0 unspecified atom stereocenters. The van der Waals surface area contributed by atoms with Gasteiger partial charge in [0.15, 0.2) is 0 Å². The second kappa shape index (κ2) is 7.57. The van der Waals surface area contributed by atoms with E-state index in [4.69, 9.17) is 4.74 Å². The van der Waals surface area contributed by atoms with Gasteiger partial charge in [-0.25, -0.2) is 4.99 Å². The van der Waals surface area contributed by atoms with Crippen LogP contribution < -0.4 is 25.5 Å². The van der Waals surface area contributed by atoms with Crippen molar-refractivity contribution in [2.75, 3.05) is 12.4 Å². The molecule has 6 nitrogen and oxygen atoms in total. The monoisotopic (exact) mass is 455 g/mol. The number of nitrogens with zero attached hydrogens (tertiary/aromatic N) is 1. The van der Waals surface area contributed by atoms with Gasteiger partial charge in [0, 0.05) is 21.0 Å². The number of carbonyl (C=O) groups excluding carboxylic acids is 1. The Morgan fingerprint density at radius 3 is 2.86 bits per heavy atom. The van der Waals surface area contributed by atoms with E-state index >= 15 is 0 Å². The van der Waals surface area contributed by atoms with E-state index in [2.05, 4.69) is 31.2 Å². The summed E-state index contributed by atoms with van der Waals surface area (Å²) >= 11 is 4.44. The number of H-pyrrole nitrogens is 1. The van der Waals surface area contributed by atoms with Crippen LogP contribution in [0.4, 0.5) is 11.5 Å². The molecule has 1 aliphatic rings. The van der Waals surface area contributed by atoms with E-state index < -0.39 is 0 Å². The van der Waals surface area contributed by atoms with Crippen molar-refractivity contribution in [2.45, 2.75) is 0 Å². The normalized spacial score (nSPS) is 14.2. The Balaban J connectivity index is 1.75. The quantitative estimate of drug-likeness (QED) is 0.592. The average Bonchev–Trinajstić information content (AvgIpc) is 3.01. The van der Waals surface area contributed by atoms with Gasteiger partial charge in [0.25, 0.3) is 5.91 Å². The second-order valence-electron chi connectivity index (χ2n) is 5.97. The van der Waals surface area contributed by atoms with Crippen molar-refractivity contribution in [1.82, 2.24) is 4.98 Å². The SMILES string of the molecule is COc1ccc2c(c1)=C/C(=C/c1sc(=O)[nH]c1Nc1cccc(Br)c1)C(=O)N=2. The van der Waals surface area contributed by atoms with Crippen LogP contribution in [-0.2, 0) is 4.79 Å². The number of carbonyl (C=O) groups is 1. The molecule has 4 rings (SSSR count). The van der Waals surface area contributed by atoms with Gasteiger partial charge in [0.1, 0.15) is 11.6 Å². The molecule has 0 bridgehead atoms. The molecular formula is C20H14BrN3O3S. The zero-order valence-corrected chi connectivity index (χ0v) is 17.1. The van der Waals surface area contributed by atoms with E-state index in [1.807, 2.05) is 30.3 Å². The van der Waals surface area contributed by atoms with Crippen LogP contribution in [0.2, 0.25) is 0 Å². The molecule has 2 N–H and O–H groups in total. The number of methoxy groups -OCH3 is 1. The van der Waals surface area contributed by atoms with E-state index in [0.717, 1.165) is 26.7 Å². The van der Waals surface area contributed by atoms with Crippen LogP contribution in [0.25, 0.3) is 12.2 Å². The molecule has 0 radical (unpaired) electrons. The number of rotatable bonds is 4. The van der Waals surface area contributed by atoms with E-state index in [-0.39, 0.29) is 10.8 Å². The van der Waals surface area contributed by atoms with Crippen molar-refractivity contribution in [3.63, 3.8) is 0 Å². The first-order valence-electron chi connectivity index (χ1n) is 8.28. The van der Waals surface area contributed by atoms with E-state index in [9.17, 15) is 9.59 Å². The van der Waals surface area contributed by atoms with E-state index in [0.29, 0.717) is 27.4 Å². The maximum absolute atomic E-state index is 12.4. The van der Waals surface area contributed by atoms with Crippen molar-refractivity contribution in [3.8, 4) is 5.75 Å². The van der Waals surface area contributed by atoms with Gasteiger partial charge in [0.05, 0.1) is 17.3 Å². The van der Waals surface area contributed by atoms with Gasteiger partial charge in [-0.3, -0.25) is 14.6 Å². The molecule has 0 aliphatic carbocycles. The predicted octanol–water partition coefficient (Wildman–Crippen LogP) is 2.98. The highest BCUT2D eigenvalue weighted by Gasteiger charge is 2.14. The molecule has 3 aromatic rings. The zero-order chi connectivity index (χ0) is 19.7. The lowest BCUT2D eigenvalue weighted by Gasteiger charge is -2.07. The molecule has 0 saturated carbocycles. The molecule has 28 heavy (non-hydrogen) atoms. The van der Waals surface area contributed by atoms with Crippen molar-refractivity contribution in [1.29, 1.82) is 0 Å². The van der Waals surface area contributed by atoms with Crippen LogP contribution >= 0.6 is 27.3 Å². The Bertz CT molecular complexity index is 1290. The summed E-state index contributed by atoms with van der Waals surface area (Å²) in [5.41, 5.74) is 1.20. The summed E-state index contributed by atoms with van der Waals surface area (Å²) < 4.78 is 6.15. The highest BCUT2D eigenvalue weighted by molar-refractivity contribution is 9.10. The van der Waals surface area contributed by atoms with Crippen LogP contribution in [-0.4, -0.2) is 18.0 Å². The zero-order valence-electron chi connectivity index (χ0n) is 14.7. The van der Waals surface area contributed by atoms with E-state index in [1.54, 1.807) is 31.4 Å². The number of hydrogen-bond donors (Lipinski definition) is 2. The van der Waals surface area contributed by atoms with Crippen LogP contribution in [0.3, 0.4) is 0 Å². The van der Waals surface area contributed by atoms with Gasteiger partial charge in [-0.15, -0.1) is 0 Å². The Morgan fingerprint density at radius 1 is 1.21 bits per heavy atom. The molecule has 1 aliphatic heterocycles. The topological polar surface area (TPSA) is 83.5 Å². The second-order valence-corrected chi connectivity index (χ2v) is 7.91. The first-order valence-corrected chi connectivity index (χ1v) is 9.89. The number of aromatic amines is 1. The van der Waals surface area contributed by atoms with Gasteiger partial charge in [-0.1, -0.05) is 33.3 Å². The number of ether oxygens (including phenoxy) is 1. The molecule has 2 heterocycles. The fourth-order valence-corrected chi connectivity index (χ4v) is 3.91. The smallest absolute Gasteiger partial charge is 0.306 e. The standard InChI is InChI=1S/C20H14BrN3O3S/c1-27-15-5-6-16-11(8-15)7-12(19(25)23-16)9-17-18(24-20(26)28-17)22-14-4-2-3-13(21)10-14/h2-10,22H,1H3,(H,24,26)/b12-9-. The summed E-state index contributed by atoms with van der Waals surface area (Å²) in [6.45, 7) is 0. The number of hydrogen-bond acceptors (Lipinski definition) is 5. The van der Waals surface area contributed by atoms with Crippen LogP contribution in [0, 0.1) is 0 Å². The molecule has 8 heteroatoms. The number of nitrogens with one attached hydrogen (secondary N) is 2. The lowest BCUT2D eigenvalue weighted by Crippen LogP contribution is -2.30. The highest BCUT2D eigenvalue weighted by atomic mass is 79.9. The number of fused-ring (bicyclic) bond motifs is 1. The lowest BCUT2D eigenvalue weighted by atomic mass is 10.1. The molecule has 1 amide bonds. The number of amides is 1. The molecule has 1 aromatic heterocycles. The maximum Gasteiger partial charge on any atom is 0.306 e. The van der Waals surface area contributed by atoms with Gasteiger partial charge in [-0.05, 0) is 48.6 Å². The van der Waals surface area contributed by atoms with Crippen molar-refractivity contribution in [2.24, 2.45) is 4.99 Å². The summed E-state index contributed by atoms with van der Waals surface area (Å²) in [6.07, 6.45) is 3.41. The highest BCUT2D eigenvalue weighted by Crippen LogP contribution is 2.25. The fraction of sp³-hybridized carbons (Fsp3) is 0.0500. The Kier molecular flexibility index (Phi) is 4.97. The minimum absolute atomic E-state index is 0.216. The number of aromatic nitrogens is 1. The number of halogens is 1. The van der Waals surface area contributed by atoms with Crippen LogP contribution in [0.15, 0.2) is 62.3 Å². The predicted molar refractivity (Wildman–Crippen MR) is 114 cm³/mol. The number of benzene rings is 2. The molecule has 140 valence electrons. The van der Waals surface area contributed by atoms with Crippen LogP contribution in [0.5, 0.6) is 5.75 Å². The van der Waals surface area contributed by atoms with Gasteiger partial charge in [-0.2, -0.15) is 0 Å². The fourth-order valence-electron chi connectivity index (χ4n) is 2.77. The Morgan fingerprint density at radius 2 is 2.07 bits per heavy atom. The average molecular weight is 456 g/mol. The summed E-state index contributed by atoms with van der Waals surface area (Å²) in [5, 5.41) is 4.56. The van der Waals surface area contributed by atoms with Crippen molar-refractivity contribution >= 4 is 56.8 Å². The summed E-state index contributed by atoms with van der Waals surface area (Å²) in [4.78, 5) is 31.6.